The largest absolute Gasteiger partial charge is 0.274 e. The molecule has 0 saturated heterocycles. The molecule has 0 atom stereocenters. The van der Waals surface area contributed by atoms with Gasteiger partial charge in [0.15, 0.2) is 0 Å². The van der Waals surface area contributed by atoms with Crippen LogP contribution in [-0.4, -0.2) is 23.3 Å². The van der Waals surface area contributed by atoms with Crippen LogP contribution in [0.5, 0.6) is 0 Å². The van der Waals surface area contributed by atoms with Gasteiger partial charge in [-0.3, -0.25) is 14.5 Å². The summed E-state index contributed by atoms with van der Waals surface area (Å²) in [6.07, 6.45) is 1.61. The SMILES string of the molecule is C=CCN1C(=O)CC(C)=C(C#N)C1=O. The van der Waals surface area contributed by atoms with Crippen LogP contribution in [0.4, 0.5) is 0 Å². The highest BCUT2D eigenvalue weighted by Crippen LogP contribution is 2.19. The van der Waals surface area contributed by atoms with Crippen molar-refractivity contribution in [2.75, 3.05) is 6.54 Å². The van der Waals surface area contributed by atoms with Gasteiger partial charge in [0.1, 0.15) is 11.6 Å². The predicted molar refractivity (Wildman–Crippen MR) is 49.8 cm³/mol. The fourth-order valence-corrected chi connectivity index (χ4v) is 1.30. The zero-order valence-electron chi connectivity index (χ0n) is 7.91. The first-order valence-corrected chi connectivity index (χ1v) is 4.17. The third-order valence-corrected chi connectivity index (χ3v) is 2.03. The maximum atomic E-state index is 11.5. The van der Waals surface area contributed by atoms with E-state index in [0.29, 0.717) is 5.57 Å². The normalized spacial score (nSPS) is 17.0. The Morgan fingerprint density at radius 2 is 2.29 bits per heavy atom. The second-order valence-corrected chi connectivity index (χ2v) is 3.04. The summed E-state index contributed by atoms with van der Waals surface area (Å²) < 4.78 is 0. The molecule has 0 radical (unpaired) electrons. The molecule has 4 nitrogen and oxygen atoms in total. The van der Waals surface area contributed by atoms with E-state index in [0.717, 1.165) is 4.90 Å². The highest BCUT2D eigenvalue weighted by atomic mass is 16.2. The van der Waals surface area contributed by atoms with E-state index >= 15 is 0 Å². The lowest BCUT2D eigenvalue weighted by Crippen LogP contribution is -2.41. The van der Waals surface area contributed by atoms with Gasteiger partial charge in [0.25, 0.3) is 5.91 Å². The zero-order valence-corrected chi connectivity index (χ0v) is 7.91. The smallest absolute Gasteiger partial charge is 0.271 e. The molecule has 14 heavy (non-hydrogen) atoms. The molecule has 0 N–H and O–H groups in total. The quantitative estimate of drug-likeness (QED) is 0.477. The van der Waals surface area contributed by atoms with Gasteiger partial charge in [-0.05, 0) is 12.5 Å². The number of hydrogen-bond donors (Lipinski definition) is 0. The molecule has 4 heteroatoms. The van der Waals surface area contributed by atoms with Crippen molar-refractivity contribution < 1.29 is 9.59 Å². The van der Waals surface area contributed by atoms with E-state index in [9.17, 15) is 9.59 Å². The Morgan fingerprint density at radius 1 is 1.64 bits per heavy atom. The maximum absolute atomic E-state index is 11.5. The molecule has 0 saturated carbocycles. The summed E-state index contributed by atoms with van der Waals surface area (Å²) in [6.45, 7) is 5.24. The van der Waals surface area contributed by atoms with E-state index in [4.69, 9.17) is 5.26 Å². The Balaban J connectivity index is 3.08. The molecule has 1 rings (SSSR count). The summed E-state index contributed by atoms with van der Waals surface area (Å²) in [5.41, 5.74) is 0.620. The van der Waals surface area contributed by atoms with Crippen LogP contribution in [0.2, 0.25) is 0 Å². The van der Waals surface area contributed by atoms with Crippen LogP contribution < -0.4 is 0 Å². The molecule has 72 valence electrons. The number of nitrogens with zero attached hydrogens (tertiary/aromatic N) is 2. The molecule has 0 fully saturated rings. The monoisotopic (exact) mass is 190 g/mol. The number of hydrogen-bond acceptors (Lipinski definition) is 3. The maximum Gasteiger partial charge on any atom is 0.271 e. The molecule has 2 amide bonds. The topological polar surface area (TPSA) is 61.2 Å². The van der Waals surface area contributed by atoms with Gasteiger partial charge in [0.05, 0.1) is 0 Å². The van der Waals surface area contributed by atoms with Crippen molar-refractivity contribution in [2.45, 2.75) is 13.3 Å². The van der Waals surface area contributed by atoms with Crippen LogP contribution in [0.1, 0.15) is 13.3 Å². The van der Waals surface area contributed by atoms with Crippen molar-refractivity contribution >= 4 is 11.8 Å². The number of rotatable bonds is 2. The van der Waals surface area contributed by atoms with E-state index in [2.05, 4.69) is 6.58 Å². The third-order valence-electron chi connectivity index (χ3n) is 2.03. The molecule has 0 aliphatic carbocycles. The molecular formula is C10H10N2O2. The highest BCUT2D eigenvalue weighted by molar-refractivity contribution is 6.10. The van der Waals surface area contributed by atoms with Crippen molar-refractivity contribution in [3.63, 3.8) is 0 Å². The second kappa shape index (κ2) is 3.88. The van der Waals surface area contributed by atoms with Crippen LogP contribution in [0.15, 0.2) is 23.8 Å². The molecule has 0 bridgehead atoms. The van der Waals surface area contributed by atoms with Crippen molar-refractivity contribution in [2.24, 2.45) is 0 Å². The average molecular weight is 190 g/mol. The molecule has 0 aromatic carbocycles. The van der Waals surface area contributed by atoms with Gasteiger partial charge < -0.3 is 0 Å². The lowest BCUT2D eigenvalue weighted by molar-refractivity contribution is -0.142. The minimum Gasteiger partial charge on any atom is -0.274 e. The standard InChI is InChI=1S/C10H10N2O2/c1-3-4-12-9(13)5-7(2)8(6-11)10(12)14/h3H,1,4-5H2,2H3. The molecule has 0 aromatic heterocycles. The van der Waals surface area contributed by atoms with Gasteiger partial charge in [-0.15, -0.1) is 6.58 Å². The van der Waals surface area contributed by atoms with Gasteiger partial charge in [-0.1, -0.05) is 6.08 Å². The van der Waals surface area contributed by atoms with Crippen molar-refractivity contribution in [3.05, 3.63) is 23.8 Å². The summed E-state index contributed by atoms with van der Waals surface area (Å²) in [7, 11) is 0. The average Bonchev–Trinajstić information content (AvgIpc) is 2.12. The van der Waals surface area contributed by atoms with Crippen molar-refractivity contribution in [1.82, 2.24) is 4.90 Å². The fraction of sp³-hybridized carbons (Fsp3) is 0.300. The third kappa shape index (κ3) is 1.57. The van der Waals surface area contributed by atoms with Gasteiger partial charge in [-0.25, -0.2) is 0 Å². The van der Waals surface area contributed by atoms with E-state index < -0.39 is 5.91 Å². The van der Waals surface area contributed by atoms with E-state index in [1.807, 2.05) is 6.07 Å². The minimum atomic E-state index is -0.513. The zero-order chi connectivity index (χ0) is 10.7. The number of carbonyl (C=O) groups is 2. The van der Waals surface area contributed by atoms with Crippen molar-refractivity contribution in [1.29, 1.82) is 5.26 Å². The molecule has 1 aliphatic heterocycles. The Hall–Kier alpha value is -1.89. The molecule has 1 heterocycles. The lowest BCUT2D eigenvalue weighted by Gasteiger charge is -2.23. The van der Waals surface area contributed by atoms with E-state index in [1.165, 1.54) is 6.08 Å². The van der Waals surface area contributed by atoms with Crippen LogP contribution in [0.3, 0.4) is 0 Å². The first kappa shape index (κ1) is 10.2. The van der Waals surface area contributed by atoms with Crippen molar-refractivity contribution in [3.8, 4) is 6.07 Å². The van der Waals surface area contributed by atoms with Gasteiger partial charge in [0, 0.05) is 13.0 Å². The number of nitriles is 1. The number of carbonyl (C=O) groups excluding carboxylic acids is 2. The van der Waals surface area contributed by atoms with Gasteiger partial charge in [0.2, 0.25) is 5.91 Å². The molecule has 0 spiro atoms. The number of amides is 2. The number of imide groups is 1. The Kier molecular flexibility index (Phi) is 2.82. The van der Waals surface area contributed by atoms with Gasteiger partial charge >= 0.3 is 0 Å². The molecule has 0 aromatic rings. The van der Waals surface area contributed by atoms with Crippen LogP contribution >= 0.6 is 0 Å². The van der Waals surface area contributed by atoms with Crippen LogP contribution in [-0.2, 0) is 9.59 Å². The first-order valence-electron chi connectivity index (χ1n) is 4.17. The summed E-state index contributed by atoms with van der Waals surface area (Å²) in [4.78, 5) is 24.0. The summed E-state index contributed by atoms with van der Waals surface area (Å²) in [5.74, 6) is -0.785. The highest BCUT2D eigenvalue weighted by Gasteiger charge is 2.30. The van der Waals surface area contributed by atoms with Crippen LogP contribution in [0, 0.1) is 11.3 Å². The summed E-state index contributed by atoms with van der Waals surface area (Å²) in [5, 5.41) is 8.71. The first-order chi connectivity index (χ1) is 6.61. The fourth-order valence-electron chi connectivity index (χ4n) is 1.30. The lowest BCUT2D eigenvalue weighted by atomic mass is 10.0. The summed E-state index contributed by atoms with van der Waals surface area (Å²) >= 11 is 0. The molecule has 1 aliphatic rings. The summed E-state index contributed by atoms with van der Waals surface area (Å²) in [6, 6.07) is 1.81. The molecular weight excluding hydrogens is 180 g/mol. The van der Waals surface area contributed by atoms with E-state index in [1.54, 1.807) is 6.92 Å². The Morgan fingerprint density at radius 3 is 2.79 bits per heavy atom. The molecule has 0 unspecified atom stereocenters. The van der Waals surface area contributed by atoms with Gasteiger partial charge in [-0.2, -0.15) is 5.26 Å². The van der Waals surface area contributed by atoms with Crippen LogP contribution in [0.25, 0.3) is 0 Å². The Labute approximate surface area is 82.1 Å². The predicted octanol–water partition coefficient (Wildman–Crippen LogP) is 0.771. The second-order valence-electron chi connectivity index (χ2n) is 3.04. The van der Waals surface area contributed by atoms with E-state index in [-0.39, 0.29) is 24.4 Å². The minimum absolute atomic E-state index is 0.0754. The Bertz CT molecular complexity index is 374.